The highest BCUT2D eigenvalue weighted by Gasteiger charge is 2.07. The molecule has 0 aliphatic carbocycles. The summed E-state index contributed by atoms with van der Waals surface area (Å²) in [5, 5.41) is 0. The maximum atomic E-state index is 13.2. The molecule has 106 valence electrons. The molecule has 0 saturated heterocycles. The molecule has 0 atom stereocenters. The number of para-hydroxylation sites is 1. The van der Waals surface area contributed by atoms with E-state index in [-0.39, 0.29) is 5.82 Å². The van der Waals surface area contributed by atoms with Gasteiger partial charge in [0.05, 0.1) is 4.47 Å². The maximum Gasteiger partial charge on any atom is 0.137 e. The fraction of sp³-hybridized carbons (Fsp3) is 0.250. The van der Waals surface area contributed by atoms with E-state index in [4.69, 9.17) is 10.5 Å². The topological polar surface area (TPSA) is 35.2 Å². The van der Waals surface area contributed by atoms with Crippen LogP contribution in [0, 0.1) is 12.7 Å². The molecule has 0 radical (unpaired) electrons. The molecule has 0 unspecified atom stereocenters. The Morgan fingerprint density at radius 2 is 2.05 bits per heavy atom. The van der Waals surface area contributed by atoms with Crippen molar-refractivity contribution in [2.24, 2.45) is 5.73 Å². The van der Waals surface area contributed by atoms with Gasteiger partial charge in [0, 0.05) is 0 Å². The number of benzene rings is 2. The Bertz CT molecular complexity index is 601. The highest BCUT2D eigenvalue weighted by molar-refractivity contribution is 9.10. The normalized spacial score (nSPS) is 10.6. The van der Waals surface area contributed by atoms with Crippen LogP contribution < -0.4 is 10.5 Å². The van der Waals surface area contributed by atoms with Gasteiger partial charge in [0.15, 0.2) is 0 Å². The van der Waals surface area contributed by atoms with Crippen LogP contribution in [0.3, 0.4) is 0 Å². The molecule has 0 aliphatic heterocycles. The van der Waals surface area contributed by atoms with Crippen LogP contribution in [0.25, 0.3) is 0 Å². The first-order valence-corrected chi connectivity index (χ1v) is 7.26. The molecule has 0 saturated carbocycles. The molecule has 0 heterocycles. The minimum absolute atomic E-state index is 0.270. The molecule has 2 aromatic rings. The molecule has 2 aromatic carbocycles. The number of halogens is 2. The Kier molecular flexibility index (Phi) is 5.15. The average molecular weight is 338 g/mol. The molecule has 2 rings (SSSR count). The van der Waals surface area contributed by atoms with Crippen molar-refractivity contribution in [2.75, 3.05) is 6.54 Å². The summed E-state index contributed by atoms with van der Waals surface area (Å²) in [7, 11) is 0. The van der Waals surface area contributed by atoms with E-state index in [1.807, 2.05) is 25.1 Å². The zero-order valence-corrected chi connectivity index (χ0v) is 12.9. The lowest BCUT2D eigenvalue weighted by Crippen LogP contribution is -2.06. The van der Waals surface area contributed by atoms with Crippen molar-refractivity contribution in [1.29, 1.82) is 0 Å². The number of hydrogen-bond acceptors (Lipinski definition) is 2. The fourth-order valence-electron chi connectivity index (χ4n) is 2.06. The smallest absolute Gasteiger partial charge is 0.137 e. The molecular formula is C16H17BrFNO. The Hall–Kier alpha value is -1.39. The van der Waals surface area contributed by atoms with Gasteiger partial charge < -0.3 is 10.5 Å². The summed E-state index contributed by atoms with van der Waals surface area (Å²) >= 11 is 3.18. The van der Waals surface area contributed by atoms with E-state index in [1.165, 1.54) is 6.07 Å². The van der Waals surface area contributed by atoms with Crippen LogP contribution in [0.1, 0.15) is 16.7 Å². The molecule has 4 heteroatoms. The van der Waals surface area contributed by atoms with Gasteiger partial charge in [-0.25, -0.2) is 4.39 Å². The van der Waals surface area contributed by atoms with Crippen LogP contribution >= 0.6 is 15.9 Å². The number of rotatable bonds is 5. The second-order valence-electron chi connectivity index (χ2n) is 4.64. The summed E-state index contributed by atoms with van der Waals surface area (Å²) in [6, 6.07) is 10.9. The van der Waals surface area contributed by atoms with E-state index in [9.17, 15) is 4.39 Å². The van der Waals surface area contributed by atoms with Gasteiger partial charge in [-0.15, -0.1) is 0 Å². The van der Waals surface area contributed by atoms with Crippen molar-refractivity contribution >= 4 is 15.9 Å². The van der Waals surface area contributed by atoms with Crippen molar-refractivity contribution in [2.45, 2.75) is 20.0 Å². The molecule has 0 aromatic heterocycles. The van der Waals surface area contributed by atoms with Crippen molar-refractivity contribution < 1.29 is 9.13 Å². The summed E-state index contributed by atoms with van der Waals surface area (Å²) in [6.45, 7) is 3.00. The number of aryl methyl sites for hydroxylation is 1. The van der Waals surface area contributed by atoms with Crippen LogP contribution in [0.15, 0.2) is 40.9 Å². The zero-order valence-electron chi connectivity index (χ0n) is 11.3. The first kappa shape index (κ1) is 15.0. The minimum atomic E-state index is -0.270. The lowest BCUT2D eigenvalue weighted by molar-refractivity contribution is 0.300. The fourth-order valence-corrected chi connectivity index (χ4v) is 2.48. The van der Waals surface area contributed by atoms with Crippen molar-refractivity contribution in [3.05, 3.63) is 63.4 Å². The summed E-state index contributed by atoms with van der Waals surface area (Å²) in [5.74, 6) is 0.604. The second kappa shape index (κ2) is 6.86. The third-order valence-electron chi connectivity index (χ3n) is 3.07. The Morgan fingerprint density at radius 1 is 1.25 bits per heavy atom. The lowest BCUT2D eigenvalue weighted by Gasteiger charge is -2.14. The third-order valence-corrected chi connectivity index (χ3v) is 3.68. The van der Waals surface area contributed by atoms with Crippen LogP contribution in [0.2, 0.25) is 0 Å². The molecule has 0 spiro atoms. The van der Waals surface area contributed by atoms with Gasteiger partial charge in [-0.1, -0.05) is 24.3 Å². The molecule has 0 bridgehead atoms. The number of hydrogen-bond donors (Lipinski definition) is 1. The van der Waals surface area contributed by atoms with Gasteiger partial charge in [-0.05, 0) is 64.6 Å². The Morgan fingerprint density at radius 3 is 2.75 bits per heavy atom. The summed E-state index contributed by atoms with van der Waals surface area (Å²) in [6.07, 6.45) is 0.782. The van der Waals surface area contributed by atoms with Gasteiger partial charge in [0.1, 0.15) is 18.2 Å². The predicted octanol–water partition coefficient (Wildman–Crippen LogP) is 3.98. The van der Waals surface area contributed by atoms with Gasteiger partial charge in [0.2, 0.25) is 0 Å². The first-order chi connectivity index (χ1) is 9.61. The summed E-state index contributed by atoms with van der Waals surface area (Å²) in [4.78, 5) is 0. The van der Waals surface area contributed by atoms with Crippen LogP contribution in [-0.2, 0) is 13.0 Å². The minimum Gasteiger partial charge on any atom is -0.488 e. The molecule has 2 N–H and O–H groups in total. The van der Waals surface area contributed by atoms with Crippen LogP contribution in [0.5, 0.6) is 5.75 Å². The highest BCUT2D eigenvalue weighted by atomic mass is 79.9. The van der Waals surface area contributed by atoms with E-state index in [1.54, 1.807) is 12.1 Å². The largest absolute Gasteiger partial charge is 0.488 e. The van der Waals surface area contributed by atoms with Crippen LogP contribution in [-0.4, -0.2) is 6.54 Å². The lowest BCUT2D eigenvalue weighted by atomic mass is 10.1. The zero-order chi connectivity index (χ0) is 14.5. The van der Waals surface area contributed by atoms with E-state index in [2.05, 4.69) is 15.9 Å². The van der Waals surface area contributed by atoms with E-state index >= 15 is 0 Å². The molecule has 20 heavy (non-hydrogen) atoms. The number of nitrogens with two attached hydrogens (primary N) is 1. The highest BCUT2D eigenvalue weighted by Crippen LogP contribution is 2.25. The molecule has 0 aliphatic rings. The van der Waals surface area contributed by atoms with Crippen molar-refractivity contribution in [3.63, 3.8) is 0 Å². The average Bonchev–Trinajstić information content (AvgIpc) is 2.42. The Balaban J connectivity index is 2.15. The SMILES string of the molecule is Cc1cccc(CCN)c1OCc1ccc(F)c(Br)c1. The van der Waals surface area contributed by atoms with Crippen LogP contribution in [0.4, 0.5) is 4.39 Å². The first-order valence-electron chi connectivity index (χ1n) is 6.47. The Labute approximate surface area is 126 Å². The molecule has 0 fully saturated rings. The van der Waals surface area contributed by atoms with Gasteiger partial charge >= 0.3 is 0 Å². The van der Waals surface area contributed by atoms with E-state index < -0.39 is 0 Å². The molecule has 0 amide bonds. The standard InChI is InChI=1S/C16H17BrFNO/c1-11-3-2-4-13(7-8-19)16(11)20-10-12-5-6-15(18)14(17)9-12/h2-6,9H,7-8,10,19H2,1H3. The summed E-state index contributed by atoms with van der Waals surface area (Å²) < 4.78 is 19.5. The monoisotopic (exact) mass is 337 g/mol. The van der Waals surface area contributed by atoms with E-state index in [0.29, 0.717) is 17.6 Å². The van der Waals surface area contributed by atoms with Gasteiger partial charge in [0.25, 0.3) is 0 Å². The van der Waals surface area contributed by atoms with E-state index in [0.717, 1.165) is 28.9 Å². The maximum absolute atomic E-state index is 13.2. The van der Waals surface area contributed by atoms with Crippen molar-refractivity contribution in [3.8, 4) is 5.75 Å². The van der Waals surface area contributed by atoms with Gasteiger partial charge in [-0.3, -0.25) is 0 Å². The summed E-state index contributed by atoms with van der Waals surface area (Å²) in [5.41, 5.74) is 8.72. The predicted molar refractivity (Wildman–Crippen MR) is 82.4 cm³/mol. The second-order valence-corrected chi connectivity index (χ2v) is 5.49. The third kappa shape index (κ3) is 3.58. The molecular weight excluding hydrogens is 321 g/mol. The van der Waals surface area contributed by atoms with Gasteiger partial charge in [-0.2, -0.15) is 0 Å². The quantitative estimate of drug-likeness (QED) is 0.895. The van der Waals surface area contributed by atoms with Crippen molar-refractivity contribution in [1.82, 2.24) is 0 Å². The number of ether oxygens (including phenoxy) is 1. The molecule has 2 nitrogen and oxygen atoms in total.